The van der Waals surface area contributed by atoms with Crippen LogP contribution in [0.15, 0.2) is 81.3 Å². The number of thioether (sulfide) groups is 1. The zero-order chi connectivity index (χ0) is 24.5. The zero-order valence-electron chi connectivity index (χ0n) is 19.0. The van der Waals surface area contributed by atoms with E-state index >= 15 is 0 Å². The fraction of sp³-hybridized carbons (Fsp3) is 0.154. The molecule has 4 aromatic rings. The van der Waals surface area contributed by atoms with E-state index in [1.165, 1.54) is 34.3 Å². The van der Waals surface area contributed by atoms with Crippen molar-refractivity contribution in [2.24, 2.45) is 0 Å². The maximum absolute atomic E-state index is 13.2. The molecular weight excluding hydrogens is 482 g/mol. The van der Waals surface area contributed by atoms with Crippen molar-refractivity contribution in [1.29, 1.82) is 0 Å². The van der Waals surface area contributed by atoms with Crippen LogP contribution in [-0.4, -0.2) is 27.0 Å². The van der Waals surface area contributed by atoms with E-state index < -0.39 is 17.7 Å². The van der Waals surface area contributed by atoms with Gasteiger partial charge in [0.05, 0.1) is 11.8 Å². The van der Waals surface area contributed by atoms with Crippen LogP contribution in [0.5, 0.6) is 0 Å². The van der Waals surface area contributed by atoms with Crippen molar-refractivity contribution >= 4 is 45.7 Å². The minimum Gasteiger partial charge on any atom is -0.507 e. The maximum atomic E-state index is 13.2. The van der Waals surface area contributed by atoms with Crippen molar-refractivity contribution in [3.8, 4) is 0 Å². The fourth-order valence-electron chi connectivity index (χ4n) is 3.96. The van der Waals surface area contributed by atoms with Crippen LogP contribution in [0.1, 0.15) is 34.1 Å². The van der Waals surface area contributed by atoms with Gasteiger partial charge >= 0.3 is 5.91 Å². The van der Waals surface area contributed by atoms with Crippen LogP contribution in [0.3, 0.4) is 0 Å². The Balaban J connectivity index is 1.54. The van der Waals surface area contributed by atoms with Crippen LogP contribution < -0.4 is 4.90 Å². The van der Waals surface area contributed by atoms with E-state index in [2.05, 4.69) is 10.2 Å². The van der Waals surface area contributed by atoms with Gasteiger partial charge in [0, 0.05) is 11.3 Å². The predicted molar refractivity (Wildman–Crippen MR) is 135 cm³/mol. The molecule has 1 aliphatic heterocycles. The molecule has 9 heteroatoms. The number of Topliss-reactive ketones (excluding diaryl/α,β-unsaturated/α-hetero) is 1. The molecule has 1 amide bonds. The largest absolute Gasteiger partial charge is 0.507 e. The van der Waals surface area contributed by atoms with E-state index in [9.17, 15) is 14.7 Å². The Morgan fingerprint density at radius 3 is 2.63 bits per heavy atom. The van der Waals surface area contributed by atoms with E-state index in [-0.39, 0.29) is 16.5 Å². The molecular formula is C26H21N3O4S2. The Hall–Kier alpha value is -3.69. The lowest BCUT2D eigenvalue weighted by Gasteiger charge is -2.20. The average Bonchev–Trinajstić information content (AvgIpc) is 3.60. The number of hydrogen-bond donors (Lipinski definition) is 1. The summed E-state index contributed by atoms with van der Waals surface area (Å²) < 4.78 is 6.27. The normalized spacial score (nSPS) is 17.3. The van der Waals surface area contributed by atoms with Crippen LogP contribution in [0, 0.1) is 13.8 Å². The Labute approximate surface area is 210 Å². The molecule has 7 nitrogen and oxygen atoms in total. The van der Waals surface area contributed by atoms with Crippen LogP contribution in [0.4, 0.5) is 5.13 Å². The van der Waals surface area contributed by atoms with Crippen molar-refractivity contribution in [3.63, 3.8) is 0 Å². The number of hydrogen-bond acceptors (Lipinski definition) is 8. The van der Waals surface area contributed by atoms with Gasteiger partial charge in [-0.3, -0.25) is 14.5 Å². The fourth-order valence-corrected chi connectivity index (χ4v) is 5.78. The number of aryl methyl sites for hydroxylation is 2. The van der Waals surface area contributed by atoms with Gasteiger partial charge in [-0.25, -0.2) is 0 Å². The summed E-state index contributed by atoms with van der Waals surface area (Å²) >= 11 is 2.72. The van der Waals surface area contributed by atoms with E-state index in [1.807, 2.05) is 56.3 Å². The van der Waals surface area contributed by atoms with E-state index in [4.69, 9.17) is 4.42 Å². The average molecular weight is 504 g/mol. The second kappa shape index (κ2) is 9.52. The summed E-state index contributed by atoms with van der Waals surface area (Å²) in [6.45, 7) is 3.74. The van der Waals surface area contributed by atoms with Gasteiger partial charge in [0.1, 0.15) is 17.6 Å². The number of anilines is 1. The van der Waals surface area contributed by atoms with Crippen molar-refractivity contribution in [2.75, 3.05) is 4.90 Å². The number of aliphatic hydroxyl groups is 1. The summed E-state index contributed by atoms with van der Waals surface area (Å²) in [6.07, 6.45) is 1.47. The summed E-state index contributed by atoms with van der Waals surface area (Å²) in [7, 11) is 0. The predicted octanol–water partition coefficient (Wildman–Crippen LogP) is 5.67. The smallest absolute Gasteiger partial charge is 0.302 e. The summed E-state index contributed by atoms with van der Waals surface area (Å²) in [5.41, 5.74) is 3.31. The third-order valence-electron chi connectivity index (χ3n) is 5.71. The molecule has 2 aromatic carbocycles. The molecule has 3 heterocycles. The Morgan fingerprint density at radius 2 is 1.89 bits per heavy atom. The van der Waals surface area contributed by atoms with Crippen LogP contribution in [0.2, 0.25) is 0 Å². The van der Waals surface area contributed by atoms with Gasteiger partial charge in [0.15, 0.2) is 4.34 Å². The van der Waals surface area contributed by atoms with Gasteiger partial charge < -0.3 is 9.52 Å². The summed E-state index contributed by atoms with van der Waals surface area (Å²) in [6, 6.07) is 17.9. The first kappa shape index (κ1) is 23.1. The molecule has 1 unspecified atom stereocenters. The number of ketones is 1. The van der Waals surface area contributed by atoms with E-state index in [0.29, 0.717) is 21.4 Å². The number of aliphatic hydroxyl groups excluding tert-OH is 1. The highest BCUT2D eigenvalue weighted by atomic mass is 32.2. The van der Waals surface area contributed by atoms with Gasteiger partial charge in [0.25, 0.3) is 5.78 Å². The minimum absolute atomic E-state index is 0.0349. The third kappa shape index (κ3) is 4.40. The molecule has 0 bridgehead atoms. The molecule has 2 aromatic heterocycles. The highest BCUT2D eigenvalue weighted by Crippen LogP contribution is 2.44. The number of rotatable bonds is 6. The van der Waals surface area contributed by atoms with Crippen LogP contribution in [-0.2, 0) is 15.3 Å². The number of nitrogens with zero attached hydrogens (tertiary/aromatic N) is 3. The second-order valence-electron chi connectivity index (χ2n) is 8.13. The molecule has 1 N–H and O–H groups in total. The summed E-state index contributed by atoms with van der Waals surface area (Å²) in [5.74, 6) is -0.767. The lowest BCUT2D eigenvalue weighted by Crippen LogP contribution is -2.29. The number of furan rings is 1. The second-order valence-corrected chi connectivity index (χ2v) is 10.3. The van der Waals surface area contributed by atoms with Crippen LogP contribution >= 0.6 is 23.1 Å². The number of carbonyl (C=O) groups excluding carboxylic acids is 2. The lowest BCUT2D eigenvalue weighted by atomic mass is 9.96. The number of aromatic nitrogens is 2. The van der Waals surface area contributed by atoms with Crippen molar-refractivity contribution < 1.29 is 19.1 Å². The Bertz CT molecular complexity index is 1430. The molecule has 35 heavy (non-hydrogen) atoms. The number of benzene rings is 2. The van der Waals surface area contributed by atoms with E-state index in [1.54, 1.807) is 18.2 Å². The lowest BCUT2D eigenvalue weighted by molar-refractivity contribution is -0.132. The Kier molecular flexibility index (Phi) is 6.27. The maximum Gasteiger partial charge on any atom is 0.302 e. The highest BCUT2D eigenvalue weighted by Gasteiger charge is 2.49. The summed E-state index contributed by atoms with van der Waals surface area (Å²) in [5, 5.41) is 20.0. The molecule has 176 valence electrons. The SMILES string of the molecule is Cc1ccc(C)c(C(O)=C2C(=O)C(=O)N(c3nnc(SCc4ccccc4)s3)C2c2ccco2)c1. The number of amides is 1. The van der Waals surface area contributed by atoms with Crippen molar-refractivity contribution in [3.05, 3.63) is 101 Å². The molecule has 0 radical (unpaired) electrons. The molecule has 0 aliphatic carbocycles. The summed E-state index contributed by atoms with van der Waals surface area (Å²) in [4.78, 5) is 27.7. The van der Waals surface area contributed by atoms with Crippen molar-refractivity contribution in [2.45, 2.75) is 30.0 Å². The molecule has 0 saturated carbocycles. The molecule has 5 rings (SSSR count). The third-order valence-corrected chi connectivity index (χ3v) is 7.84. The molecule has 1 fully saturated rings. The molecule has 1 atom stereocenters. The van der Waals surface area contributed by atoms with Gasteiger partial charge in [-0.2, -0.15) is 0 Å². The van der Waals surface area contributed by atoms with Gasteiger partial charge in [-0.05, 0) is 43.2 Å². The van der Waals surface area contributed by atoms with Gasteiger partial charge in [-0.15, -0.1) is 10.2 Å². The standard InChI is InChI=1S/C26H21N3O4S2/c1-15-10-11-16(2)18(13-15)22(30)20-21(19-9-6-12-33-19)29(24(32)23(20)31)25-27-28-26(35-25)34-14-17-7-4-3-5-8-17/h3-13,21,30H,14H2,1-2H3. The zero-order valence-corrected chi connectivity index (χ0v) is 20.6. The molecule has 1 saturated heterocycles. The first-order valence-electron chi connectivity index (χ1n) is 10.9. The Morgan fingerprint density at radius 1 is 1.09 bits per heavy atom. The first-order valence-corrected chi connectivity index (χ1v) is 12.7. The number of carbonyl (C=O) groups is 2. The molecule has 1 aliphatic rings. The van der Waals surface area contributed by atoms with Crippen molar-refractivity contribution in [1.82, 2.24) is 10.2 Å². The van der Waals surface area contributed by atoms with Gasteiger partial charge in [-0.1, -0.05) is 71.1 Å². The molecule has 0 spiro atoms. The monoisotopic (exact) mass is 503 g/mol. The minimum atomic E-state index is -0.954. The topological polar surface area (TPSA) is 96.5 Å². The quantitative estimate of drug-likeness (QED) is 0.119. The van der Waals surface area contributed by atoms with Gasteiger partial charge in [0.2, 0.25) is 5.13 Å². The van der Waals surface area contributed by atoms with E-state index in [0.717, 1.165) is 16.7 Å². The van der Waals surface area contributed by atoms with Crippen LogP contribution in [0.25, 0.3) is 5.76 Å². The highest BCUT2D eigenvalue weighted by molar-refractivity contribution is 8.00. The first-order chi connectivity index (χ1) is 16.9.